The van der Waals surface area contributed by atoms with E-state index in [1.165, 1.54) is 5.56 Å². The highest BCUT2D eigenvalue weighted by atomic mass is 16.1. The summed E-state index contributed by atoms with van der Waals surface area (Å²) < 4.78 is 4.12. The maximum atomic E-state index is 11.8. The molecule has 0 fully saturated rings. The topological polar surface area (TPSA) is 102 Å². The first-order chi connectivity index (χ1) is 17.5. The molecule has 0 saturated heterocycles. The molecule has 0 saturated carbocycles. The first kappa shape index (κ1) is 22.1. The minimum absolute atomic E-state index is 0.0913. The zero-order valence-corrected chi connectivity index (χ0v) is 20.4. The zero-order chi connectivity index (χ0) is 24.8. The summed E-state index contributed by atoms with van der Waals surface area (Å²) >= 11 is 0. The average Bonchev–Trinajstić information content (AvgIpc) is 3.44. The van der Waals surface area contributed by atoms with E-state index in [2.05, 4.69) is 62.3 Å². The van der Waals surface area contributed by atoms with Crippen LogP contribution in [0, 0.1) is 12.8 Å². The minimum Gasteiger partial charge on any atom is -0.370 e. The van der Waals surface area contributed by atoms with Crippen LogP contribution in [0.4, 0.5) is 5.82 Å². The molecule has 4 heterocycles. The standard InChI is InChI=1S/C27H26N8O/c1-16-11-20(36)13-29-24(16)19-9-10-23-21(12-19)31-26(35(23)14-18-7-5-4-6-8-18)22-15-34-17(2)32-33-27(34)25(28-3)30-22/h4-10,12,15-16H,11,13-14H2,1-3H3,(H,28,30). The van der Waals surface area contributed by atoms with Crippen molar-refractivity contribution in [2.24, 2.45) is 10.9 Å². The molecule has 0 spiro atoms. The number of hydrogen-bond acceptors (Lipinski definition) is 7. The minimum atomic E-state index is 0.0913. The number of fused-ring (bicyclic) bond motifs is 2. The maximum absolute atomic E-state index is 11.8. The number of ketones is 1. The number of benzene rings is 2. The number of carbonyl (C=O) groups is 1. The fourth-order valence-electron chi connectivity index (χ4n) is 4.90. The monoisotopic (exact) mass is 478 g/mol. The third-order valence-electron chi connectivity index (χ3n) is 6.68. The van der Waals surface area contributed by atoms with Gasteiger partial charge in [0.2, 0.25) is 5.65 Å². The van der Waals surface area contributed by atoms with Gasteiger partial charge in [-0.05, 0) is 30.2 Å². The fourth-order valence-corrected chi connectivity index (χ4v) is 4.90. The van der Waals surface area contributed by atoms with E-state index in [1.807, 2.05) is 42.8 Å². The molecule has 6 rings (SSSR count). The SMILES string of the molecule is CNc1nc(-c2nc3cc(C4=NCC(=O)CC4C)ccc3n2Cc2ccccc2)cn2c(C)nnc12. The lowest BCUT2D eigenvalue weighted by Gasteiger charge is -2.18. The number of aryl methyl sites for hydroxylation is 1. The fraction of sp³-hybridized carbons (Fsp3) is 0.259. The van der Waals surface area contributed by atoms with Gasteiger partial charge in [-0.2, -0.15) is 0 Å². The number of anilines is 1. The summed E-state index contributed by atoms with van der Waals surface area (Å²) in [6.45, 7) is 4.87. The van der Waals surface area contributed by atoms with Gasteiger partial charge in [-0.3, -0.25) is 14.2 Å². The van der Waals surface area contributed by atoms with Gasteiger partial charge in [0.05, 0.1) is 17.6 Å². The molecule has 0 radical (unpaired) electrons. The number of imidazole rings is 1. The maximum Gasteiger partial charge on any atom is 0.203 e. The molecule has 36 heavy (non-hydrogen) atoms. The summed E-state index contributed by atoms with van der Waals surface area (Å²) in [7, 11) is 1.83. The second kappa shape index (κ2) is 8.67. The first-order valence-electron chi connectivity index (χ1n) is 12.0. The first-order valence-corrected chi connectivity index (χ1v) is 12.0. The lowest BCUT2D eigenvalue weighted by Crippen LogP contribution is -2.24. The van der Waals surface area contributed by atoms with Gasteiger partial charge in [0.25, 0.3) is 0 Å². The Hall–Kier alpha value is -4.40. The Kier molecular flexibility index (Phi) is 5.32. The van der Waals surface area contributed by atoms with Crippen molar-refractivity contribution in [1.29, 1.82) is 0 Å². The summed E-state index contributed by atoms with van der Waals surface area (Å²) in [4.78, 5) is 26.3. The number of nitrogens with one attached hydrogen (secondary N) is 1. The summed E-state index contributed by atoms with van der Waals surface area (Å²) in [5.74, 6) is 2.45. The van der Waals surface area contributed by atoms with Crippen LogP contribution in [0.5, 0.6) is 0 Å². The lowest BCUT2D eigenvalue weighted by molar-refractivity contribution is -0.118. The second-order valence-electron chi connectivity index (χ2n) is 9.22. The second-order valence-corrected chi connectivity index (χ2v) is 9.22. The molecule has 0 amide bonds. The predicted molar refractivity (Wildman–Crippen MR) is 140 cm³/mol. The Morgan fingerprint density at radius 3 is 2.69 bits per heavy atom. The molecule has 0 bridgehead atoms. The molecule has 1 atom stereocenters. The van der Waals surface area contributed by atoms with E-state index in [1.54, 1.807) is 0 Å². The zero-order valence-electron chi connectivity index (χ0n) is 20.4. The Morgan fingerprint density at radius 2 is 1.92 bits per heavy atom. The van der Waals surface area contributed by atoms with E-state index in [0.29, 0.717) is 24.4 Å². The van der Waals surface area contributed by atoms with Crippen molar-refractivity contribution in [2.75, 3.05) is 18.9 Å². The number of rotatable bonds is 5. The van der Waals surface area contributed by atoms with Crippen LogP contribution in [0.2, 0.25) is 0 Å². The Bertz CT molecular complexity index is 1650. The van der Waals surface area contributed by atoms with Crippen molar-refractivity contribution in [2.45, 2.75) is 26.8 Å². The van der Waals surface area contributed by atoms with Crippen molar-refractivity contribution >= 4 is 34.0 Å². The van der Waals surface area contributed by atoms with E-state index in [-0.39, 0.29) is 18.2 Å². The molecule has 2 aromatic carbocycles. The highest BCUT2D eigenvalue weighted by Crippen LogP contribution is 2.29. The summed E-state index contributed by atoms with van der Waals surface area (Å²) in [6.07, 6.45) is 2.47. The van der Waals surface area contributed by atoms with E-state index in [4.69, 9.17) is 9.97 Å². The summed E-state index contributed by atoms with van der Waals surface area (Å²) in [6, 6.07) is 16.6. The van der Waals surface area contributed by atoms with Crippen LogP contribution in [0.25, 0.3) is 28.2 Å². The largest absolute Gasteiger partial charge is 0.370 e. The molecular weight excluding hydrogens is 452 g/mol. The van der Waals surface area contributed by atoms with Crippen LogP contribution < -0.4 is 5.32 Å². The highest BCUT2D eigenvalue weighted by Gasteiger charge is 2.23. The Balaban J connectivity index is 1.55. The van der Waals surface area contributed by atoms with Crippen LogP contribution in [0.3, 0.4) is 0 Å². The van der Waals surface area contributed by atoms with Gasteiger partial charge in [-0.25, -0.2) is 9.97 Å². The molecule has 5 aromatic rings. The summed E-state index contributed by atoms with van der Waals surface area (Å²) in [5, 5.41) is 11.6. The van der Waals surface area contributed by atoms with E-state index in [9.17, 15) is 4.79 Å². The van der Waals surface area contributed by atoms with Crippen LogP contribution in [-0.4, -0.2) is 54.2 Å². The third-order valence-corrected chi connectivity index (χ3v) is 6.68. The van der Waals surface area contributed by atoms with Crippen molar-refractivity contribution in [3.05, 3.63) is 71.7 Å². The highest BCUT2D eigenvalue weighted by molar-refractivity contribution is 6.08. The number of Topliss-reactive ketones (excluding diaryl/α,β-unsaturated/α-hetero) is 1. The summed E-state index contributed by atoms with van der Waals surface area (Å²) in [5.41, 5.74) is 6.40. The number of carbonyl (C=O) groups excluding carboxylic acids is 1. The quantitative estimate of drug-likeness (QED) is 0.411. The lowest BCUT2D eigenvalue weighted by atomic mass is 9.91. The van der Waals surface area contributed by atoms with Crippen LogP contribution >= 0.6 is 0 Å². The normalized spacial score (nSPS) is 16.0. The van der Waals surface area contributed by atoms with Gasteiger partial charge in [-0.15, -0.1) is 10.2 Å². The molecule has 3 aromatic heterocycles. The van der Waals surface area contributed by atoms with E-state index >= 15 is 0 Å². The van der Waals surface area contributed by atoms with Gasteiger partial charge in [0, 0.05) is 37.8 Å². The molecule has 1 unspecified atom stereocenters. The molecule has 1 N–H and O–H groups in total. The van der Waals surface area contributed by atoms with Crippen LogP contribution in [-0.2, 0) is 11.3 Å². The van der Waals surface area contributed by atoms with Crippen molar-refractivity contribution in [3.8, 4) is 11.5 Å². The van der Waals surface area contributed by atoms with Crippen LogP contribution in [0.1, 0.15) is 30.3 Å². The predicted octanol–water partition coefficient (Wildman–Crippen LogP) is 3.94. The number of hydrogen-bond donors (Lipinski definition) is 1. The van der Waals surface area contributed by atoms with Gasteiger partial charge in [0.15, 0.2) is 17.4 Å². The molecule has 9 nitrogen and oxygen atoms in total. The molecule has 180 valence electrons. The van der Waals surface area contributed by atoms with Gasteiger partial charge < -0.3 is 9.88 Å². The van der Waals surface area contributed by atoms with Gasteiger partial charge >= 0.3 is 0 Å². The number of aliphatic imine (C=N–C) groups is 1. The van der Waals surface area contributed by atoms with Crippen molar-refractivity contribution in [3.63, 3.8) is 0 Å². The molecular formula is C27H26N8O. The van der Waals surface area contributed by atoms with Crippen molar-refractivity contribution < 1.29 is 4.79 Å². The third kappa shape index (κ3) is 3.73. The van der Waals surface area contributed by atoms with Crippen LogP contribution in [0.15, 0.2) is 59.7 Å². The molecule has 0 aliphatic carbocycles. The smallest absolute Gasteiger partial charge is 0.203 e. The molecule has 1 aliphatic rings. The number of aromatic nitrogens is 6. The van der Waals surface area contributed by atoms with Crippen molar-refractivity contribution in [1.82, 2.24) is 29.1 Å². The molecule has 9 heteroatoms. The van der Waals surface area contributed by atoms with E-state index in [0.717, 1.165) is 39.7 Å². The van der Waals surface area contributed by atoms with E-state index < -0.39 is 0 Å². The average molecular weight is 479 g/mol. The van der Waals surface area contributed by atoms with Gasteiger partial charge in [0.1, 0.15) is 11.5 Å². The Morgan fingerprint density at radius 1 is 1.08 bits per heavy atom. The number of nitrogens with zero attached hydrogens (tertiary/aromatic N) is 7. The van der Waals surface area contributed by atoms with Gasteiger partial charge in [-0.1, -0.05) is 43.3 Å². The molecule has 1 aliphatic heterocycles. The Labute approximate surface area is 207 Å².